The fourth-order valence-corrected chi connectivity index (χ4v) is 1.97. The molecule has 2 rings (SSSR count). The molecule has 1 saturated heterocycles. The van der Waals surface area contributed by atoms with Crippen LogP contribution >= 0.6 is 0 Å². The minimum Gasteiger partial charge on any atom is -0.497 e. The van der Waals surface area contributed by atoms with Gasteiger partial charge in [-0.1, -0.05) is 12.1 Å². The third kappa shape index (κ3) is 4.17. The Morgan fingerprint density at radius 3 is 2.95 bits per heavy atom. The van der Waals surface area contributed by atoms with E-state index in [1.54, 1.807) is 25.3 Å². The van der Waals surface area contributed by atoms with Crippen molar-refractivity contribution in [2.24, 2.45) is 0 Å². The number of benzene rings is 1. The Balaban J connectivity index is 1.93. The summed E-state index contributed by atoms with van der Waals surface area (Å²) in [5, 5.41) is 4.76. The van der Waals surface area contributed by atoms with Crippen LogP contribution in [0.25, 0.3) is 6.08 Å². The third-order valence-electron chi connectivity index (χ3n) is 3.08. The topological polar surface area (TPSA) is 84.5 Å². The maximum atomic E-state index is 11.8. The first-order valence-electron chi connectivity index (χ1n) is 6.55. The van der Waals surface area contributed by atoms with Crippen LogP contribution in [-0.2, 0) is 14.4 Å². The van der Waals surface area contributed by atoms with Gasteiger partial charge in [-0.3, -0.25) is 19.7 Å². The fourth-order valence-electron chi connectivity index (χ4n) is 1.97. The summed E-state index contributed by atoms with van der Waals surface area (Å²) in [6.07, 6.45) is 3.53. The normalized spacial score (nSPS) is 18.4. The fraction of sp³-hybridized carbons (Fsp3) is 0.267. The van der Waals surface area contributed by atoms with Crippen LogP contribution in [0.4, 0.5) is 0 Å². The number of hydrogen-bond acceptors (Lipinski definition) is 4. The van der Waals surface area contributed by atoms with Crippen molar-refractivity contribution in [2.75, 3.05) is 7.11 Å². The van der Waals surface area contributed by atoms with Crippen LogP contribution in [0, 0.1) is 0 Å². The second kappa shape index (κ2) is 6.69. The number of imide groups is 1. The Morgan fingerprint density at radius 2 is 2.24 bits per heavy atom. The Labute approximate surface area is 122 Å². The van der Waals surface area contributed by atoms with Crippen LogP contribution in [0.5, 0.6) is 5.75 Å². The van der Waals surface area contributed by atoms with E-state index in [0.29, 0.717) is 12.2 Å². The van der Waals surface area contributed by atoms with Gasteiger partial charge >= 0.3 is 0 Å². The van der Waals surface area contributed by atoms with Crippen molar-refractivity contribution in [1.82, 2.24) is 10.6 Å². The molecular formula is C15H16N2O4. The van der Waals surface area contributed by atoms with E-state index in [1.807, 2.05) is 12.1 Å². The molecule has 1 aromatic carbocycles. The Hall–Kier alpha value is -2.63. The van der Waals surface area contributed by atoms with E-state index in [4.69, 9.17) is 4.74 Å². The molecule has 3 amide bonds. The smallest absolute Gasteiger partial charge is 0.249 e. The molecule has 0 aromatic heterocycles. The van der Waals surface area contributed by atoms with Crippen molar-refractivity contribution in [2.45, 2.75) is 18.9 Å². The molecule has 0 saturated carbocycles. The van der Waals surface area contributed by atoms with E-state index in [0.717, 1.165) is 5.56 Å². The van der Waals surface area contributed by atoms with Crippen LogP contribution in [0.1, 0.15) is 18.4 Å². The molecule has 110 valence electrons. The van der Waals surface area contributed by atoms with Crippen LogP contribution in [-0.4, -0.2) is 30.9 Å². The molecule has 1 fully saturated rings. The minimum atomic E-state index is -0.662. The summed E-state index contributed by atoms with van der Waals surface area (Å²) >= 11 is 0. The number of amides is 3. The first-order chi connectivity index (χ1) is 10.1. The highest BCUT2D eigenvalue weighted by molar-refractivity contribution is 6.03. The molecule has 1 aliphatic heterocycles. The number of nitrogens with one attached hydrogen (secondary N) is 2. The highest BCUT2D eigenvalue weighted by atomic mass is 16.5. The number of ether oxygens (including phenoxy) is 1. The number of methoxy groups -OCH3 is 1. The summed E-state index contributed by atoms with van der Waals surface area (Å²) in [7, 11) is 1.57. The largest absolute Gasteiger partial charge is 0.497 e. The van der Waals surface area contributed by atoms with Crippen molar-refractivity contribution in [3.63, 3.8) is 0 Å². The maximum Gasteiger partial charge on any atom is 0.249 e. The molecule has 6 nitrogen and oxygen atoms in total. The highest BCUT2D eigenvalue weighted by Gasteiger charge is 2.27. The van der Waals surface area contributed by atoms with Crippen LogP contribution in [0.15, 0.2) is 30.3 Å². The monoisotopic (exact) mass is 288 g/mol. The molecule has 1 aliphatic rings. The first kappa shape index (κ1) is 14.8. The van der Waals surface area contributed by atoms with Crippen molar-refractivity contribution in [3.05, 3.63) is 35.9 Å². The van der Waals surface area contributed by atoms with Gasteiger partial charge in [-0.15, -0.1) is 0 Å². The molecule has 0 aliphatic carbocycles. The summed E-state index contributed by atoms with van der Waals surface area (Å²) in [6.45, 7) is 0. The molecule has 1 aromatic rings. The second-order valence-corrected chi connectivity index (χ2v) is 4.62. The van der Waals surface area contributed by atoms with Crippen LogP contribution in [0.2, 0.25) is 0 Å². The Bertz CT molecular complexity index is 595. The van der Waals surface area contributed by atoms with Gasteiger partial charge in [0, 0.05) is 12.5 Å². The quantitative estimate of drug-likeness (QED) is 0.628. The summed E-state index contributed by atoms with van der Waals surface area (Å²) < 4.78 is 5.09. The van der Waals surface area contributed by atoms with Crippen LogP contribution in [0.3, 0.4) is 0 Å². The summed E-state index contributed by atoms with van der Waals surface area (Å²) in [5.41, 5.74) is 0.813. The van der Waals surface area contributed by atoms with Crippen molar-refractivity contribution in [3.8, 4) is 5.75 Å². The SMILES string of the molecule is COc1cccc(C=CC(=O)NC2CCC(=O)NC2=O)c1. The lowest BCUT2D eigenvalue weighted by molar-refractivity contribution is -0.136. The third-order valence-corrected chi connectivity index (χ3v) is 3.08. The van der Waals surface area contributed by atoms with Gasteiger partial charge in [0.25, 0.3) is 0 Å². The number of rotatable bonds is 4. The second-order valence-electron chi connectivity index (χ2n) is 4.62. The average Bonchev–Trinajstić information content (AvgIpc) is 2.48. The number of piperidine rings is 1. The molecule has 0 spiro atoms. The predicted octanol–water partition coefficient (Wildman–Crippen LogP) is 0.630. The predicted molar refractivity (Wildman–Crippen MR) is 76.3 cm³/mol. The lowest BCUT2D eigenvalue weighted by Crippen LogP contribution is -2.51. The zero-order valence-corrected chi connectivity index (χ0v) is 11.6. The molecule has 2 N–H and O–H groups in total. The van der Waals surface area contributed by atoms with E-state index in [9.17, 15) is 14.4 Å². The van der Waals surface area contributed by atoms with Crippen molar-refractivity contribution < 1.29 is 19.1 Å². The van der Waals surface area contributed by atoms with Gasteiger partial charge in [-0.25, -0.2) is 0 Å². The Morgan fingerprint density at radius 1 is 1.43 bits per heavy atom. The van der Waals surface area contributed by atoms with Gasteiger partial charge < -0.3 is 10.1 Å². The van der Waals surface area contributed by atoms with Crippen molar-refractivity contribution >= 4 is 23.8 Å². The van der Waals surface area contributed by atoms with Crippen LogP contribution < -0.4 is 15.4 Å². The molecule has 6 heteroatoms. The minimum absolute atomic E-state index is 0.232. The first-order valence-corrected chi connectivity index (χ1v) is 6.55. The number of carbonyl (C=O) groups excluding carboxylic acids is 3. The number of carbonyl (C=O) groups is 3. The van der Waals surface area contributed by atoms with Gasteiger partial charge in [-0.05, 0) is 30.2 Å². The number of hydrogen-bond donors (Lipinski definition) is 2. The maximum absolute atomic E-state index is 11.8. The Kier molecular flexibility index (Phi) is 4.71. The molecular weight excluding hydrogens is 272 g/mol. The molecule has 1 atom stereocenters. The molecule has 1 unspecified atom stereocenters. The average molecular weight is 288 g/mol. The molecule has 0 bridgehead atoms. The lowest BCUT2D eigenvalue weighted by atomic mass is 10.1. The van der Waals surface area contributed by atoms with E-state index >= 15 is 0 Å². The van der Waals surface area contributed by atoms with E-state index in [2.05, 4.69) is 10.6 Å². The van der Waals surface area contributed by atoms with E-state index in [1.165, 1.54) is 6.08 Å². The lowest BCUT2D eigenvalue weighted by Gasteiger charge is -2.20. The summed E-state index contributed by atoms with van der Waals surface area (Å²) in [4.78, 5) is 34.3. The van der Waals surface area contributed by atoms with Crippen molar-refractivity contribution in [1.29, 1.82) is 0 Å². The van der Waals surface area contributed by atoms with E-state index in [-0.39, 0.29) is 18.2 Å². The standard InChI is InChI=1S/C15H16N2O4/c1-21-11-4-2-3-10(9-11)5-7-13(18)16-12-6-8-14(19)17-15(12)20/h2-5,7,9,12H,6,8H2,1H3,(H,16,18)(H,17,19,20). The van der Waals surface area contributed by atoms with Gasteiger partial charge in [0.05, 0.1) is 7.11 Å². The zero-order valence-electron chi connectivity index (χ0n) is 11.6. The molecule has 1 heterocycles. The summed E-state index contributed by atoms with van der Waals surface area (Å²) in [6, 6.07) is 6.58. The van der Waals surface area contributed by atoms with E-state index < -0.39 is 11.9 Å². The summed E-state index contributed by atoms with van der Waals surface area (Å²) in [5.74, 6) is -0.457. The molecule has 0 radical (unpaired) electrons. The highest BCUT2D eigenvalue weighted by Crippen LogP contribution is 2.13. The molecule has 21 heavy (non-hydrogen) atoms. The van der Waals surface area contributed by atoms with Gasteiger partial charge in [0.15, 0.2) is 0 Å². The van der Waals surface area contributed by atoms with Gasteiger partial charge in [0.2, 0.25) is 17.7 Å². The van der Waals surface area contributed by atoms with Gasteiger partial charge in [0.1, 0.15) is 11.8 Å². The zero-order chi connectivity index (χ0) is 15.2. The van der Waals surface area contributed by atoms with Gasteiger partial charge in [-0.2, -0.15) is 0 Å².